The van der Waals surface area contributed by atoms with E-state index in [2.05, 4.69) is 22.0 Å². The largest absolute Gasteiger partial charge is 0.353 e. The van der Waals surface area contributed by atoms with Crippen molar-refractivity contribution in [1.29, 1.82) is 5.26 Å². The second-order valence-electron chi connectivity index (χ2n) is 8.62. The molecule has 1 aliphatic rings. The molecule has 0 aliphatic carbocycles. The number of rotatable bonds is 7. The van der Waals surface area contributed by atoms with E-state index in [1.807, 2.05) is 49.4 Å². The summed E-state index contributed by atoms with van der Waals surface area (Å²) >= 11 is 0. The summed E-state index contributed by atoms with van der Waals surface area (Å²) in [5, 5.41) is 12.6. The number of piperazine rings is 1. The molecule has 35 heavy (non-hydrogen) atoms. The minimum atomic E-state index is -0.501. The second kappa shape index (κ2) is 11.0. The number of benzene rings is 1. The van der Waals surface area contributed by atoms with Gasteiger partial charge in [0.25, 0.3) is 11.5 Å². The average molecular weight is 471 g/mol. The van der Waals surface area contributed by atoms with Crippen LogP contribution in [0.5, 0.6) is 0 Å². The highest BCUT2D eigenvalue weighted by atomic mass is 16.1. The number of nitriles is 1. The summed E-state index contributed by atoms with van der Waals surface area (Å²) in [6, 6.07) is 15.5. The first kappa shape index (κ1) is 24.2. The van der Waals surface area contributed by atoms with Gasteiger partial charge in [0.05, 0.1) is 5.56 Å². The summed E-state index contributed by atoms with van der Waals surface area (Å²) < 4.78 is 1.48. The fourth-order valence-corrected chi connectivity index (χ4v) is 4.30. The Balaban J connectivity index is 1.67. The molecule has 180 valence electrons. The summed E-state index contributed by atoms with van der Waals surface area (Å²) in [7, 11) is 0. The standard InChI is InChI=1S/C27H30N6O2/c1-3-31-14-16-32(17-15-31)25-23(27(35)33-13-7-8-20(2)24(33)30-25)18-22(19-28)26(34)29-12-11-21-9-5-4-6-10-21/h4-10,13,18H,3,11-12,14-17H2,1-2H3,(H,29,34)/b22-18+. The van der Waals surface area contributed by atoms with E-state index >= 15 is 0 Å². The molecule has 4 rings (SSSR count). The van der Waals surface area contributed by atoms with Gasteiger partial charge in [0.2, 0.25) is 0 Å². The smallest absolute Gasteiger partial charge is 0.267 e. The predicted molar refractivity (Wildman–Crippen MR) is 137 cm³/mol. The number of nitrogens with one attached hydrogen (secondary N) is 1. The van der Waals surface area contributed by atoms with E-state index in [9.17, 15) is 14.9 Å². The molecule has 0 unspecified atom stereocenters. The number of anilines is 1. The van der Waals surface area contributed by atoms with E-state index in [4.69, 9.17) is 4.98 Å². The zero-order valence-electron chi connectivity index (χ0n) is 20.2. The molecule has 8 nitrogen and oxygen atoms in total. The lowest BCUT2D eigenvalue weighted by Crippen LogP contribution is -2.47. The van der Waals surface area contributed by atoms with Gasteiger partial charge in [-0.1, -0.05) is 43.3 Å². The van der Waals surface area contributed by atoms with Crippen molar-refractivity contribution in [3.8, 4) is 6.07 Å². The maximum atomic E-state index is 13.5. The third kappa shape index (κ3) is 5.42. The molecule has 1 saturated heterocycles. The normalized spacial score (nSPS) is 14.7. The van der Waals surface area contributed by atoms with E-state index in [0.717, 1.165) is 30.8 Å². The van der Waals surface area contributed by atoms with E-state index in [-0.39, 0.29) is 16.7 Å². The van der Waals surface area contributed by atoms with E-state index in [1.54, 1.807) is 12.3 Å². The lowest BCUT2D eigenvalue weighted by Gasteiger charge is -2.35. The van der Waals surface area contributed by atoms with Crippen LogP contribution in [0.4, 0.5) is 5.82 Å². The number of carbonyl (C=O) groups is 1. The summed E-state index contributed by atoms with van der Waals surface area (Å²) in [5.41, 5.74) is 2.40. The number of nitrogens with zero attached hydrogens (tertiary/aromatic N) is 5. The highest BCUT2D eigenvalue weighted by Gasteiger charge is 2.23. The Morgan fingerprint density at radius 1 is 1.14 bits per heavy atom. The minimum absolute atomic E-state index is 0.113. The number of hydrogen-bond donors (Lipinski definition) is 1. The number of fused-ring (bicyclic) bond motifs is 1. The van der Waals surface area contributed by atoms with Crippen LogP contribution >= 0.6 is 0 Å². The van der Waals surface area contributed by atoms with Crippen LogP contribution in [-0.2, 0) is 11.2 Å². The average Bonchev–Trinajstić information content (AvgIpc) is 2.89. The predicted octanol–water partition coefficient (Wildman–Crippen LogP) is 2.41. The molecular formula is C27H30N6O2. The van der Waals surface area contributed by atoms with Gasteiger partial charge in [-0.05, 0) is 43.2 Å². The summed E-state index contributed by atoms with van der Waals surface area (Å²) in [6.45, 7) is 8.55. The molecule has 3 aromatic rings. The SMILES string of the molecule is CCN1CCN(c2nc3c(C)cccn3c(=O)c2/C=C(\C#N)C(=O)NCCc2ccccc2)CC1. The number of carbonyl (C=O) groups excluding carboxylic acids is 1. The third-order valence-electron chi connectivity index (χ3n) is 6.38. The van der Waals surface area contributed by atoms with Crippen LogP contribution in [0.2, 0.25) is 0 Å². The number of aromatic nitrogens is 2. The third-order valence-corrected chi connectivity index (χ3v) is 6.38. The summed E-state index contributed by atoms with van der Waals surface area (Å²) in [6.07, 6.45) is 3.71. The summed E-state index contributed by atoms with van der Waals surface area (Å²) in [4.78, 5) is 35.6. The van der Waals surface area contributed by atoms with Gasteiger partial charge in [-0.3, -0.25) is 14.0 Å². The molecule has 8 heteroatoms. The molecule has 0 atom stereocenters. The van der Waals surface area contributed by atoms with Crippen LogP contribution < -0.4 is 15.8 Å². The molecule has 1 amide bonds. The fourth-order valence-electron chi connectivity index (χ4n) is 4.30. The Morgan fingerprint density at radius 2 is 1.89 bits per heavy atom. The number of likely N-dealkylation sites (N-methyl/N-ethyl adjacent to an activating group) is 1. The fraction of sp³-hybridized carbons (Fsp3) is 0.333. The molecular weight excluding hydrogens is 440 g/mol. The Labute approximate surface area is 205 Å². The topological polar surface area (TPSA) is 93.7 Å². The van der Waals surface area contributed by atoms with Crippen molar-refractivity contribution >= 4 is 23.4 Å². The maximum absolute atomic E-state index is 13.5. The van der Waals surface area contributed by atoms with Crippen LogP contribution in [-0.4, -0.2) is 59.5 Å². The molecule has 3 heterocycles. The van der Waals surface area contributed by atoms with Gasteiger partial charge in [-0.15, -0.1) is 0 Å². The van der Waals surface area contributed by atoms with Gasteiger partial charge >= 0.3 is 0 Å². The van der Waals surface area contributed by atoms with E-state index < -0.39 is 5.91 Å². The Morgan fingerprint density at radius 3 is 2.57 bits per heavy atom. The number of amides is 1. The van der Waals surface area contributed by atoms with Crippen LogP contribution in [0.25, 0.3) is 11.7 Å². The van der Waals surface area contributed by atoms with E-state index in [0.29, 0.717) is 37.5 Å². The second-order valence-corrected chi connectivity index (χ2v) is 8.62. The van der Waals surface area contributed by atoms with Crippen molar-refractivity contribution in [2.75, 3.05) is 44.2 Å². The van der Waals surface area contributed by atoms with Crippen molar-refractivity contribution in [3.63, 3.8) is 0 Å². The van der Waals surface area contributed by atoms with Gasteiger partial charge in [0, 0.05) is 38.9 Å². The van der Waals surface area contributed by atoms with Crippen molar-refractivity contribution in [3.05, 3.63) is 81.3 Å². The summed E-state index contributed by atoms with van der Waals surface area (Å²) in [5.74, 6) is 0.0174. The van der Waals surface area contributed by atoms with Crippen molar-refractivity contribution < 1.29 is 4.79 Å². The zero-order chi connectivity index (χ0) is 24.8. The zero-order valence-corrected chi connectivity index (χ0v) is 20.2. The number of pyridine rings is 1. The van der Waals surface area contributed by atoms with E-state index in [1.165, 1.54) is 10.5 Å². The lowest BCUT2D eigenvalue weighted by molar-refractivity contribution is -0.117. The van der Waals surface area contributed by atoms with Gasteiger partial charge in [-0.25, -0.2) is 4.98 Å². The molecule has 1 aliphatic heterocycles. The lowest BCUT2D eigenvalue weighted by atomic mass is 10.1. The Bertz CT molecular complexity index is 1330. The van der Waals surface area contributed by atoms with Crippen molar-refractivity contribution in [1.82, 2.24) is 19.6 Å². The van der Waals surface area contributed by atoms with Crippen LogP contribution in [0.1, 0.15) is 23.6 Å². The molecule has 0 radical (unpaired) electrons. The Hall–Kier alpha value is -3.96. The minimum Gasteiger partial charge on any atom is -0.353 e. The van der Waals surface area contributed by atoms with Gasteiger partial charge in [0.1, 0.15) is 23.1 Å². The highest BCUT2D eigenvalue weighted by molar-refractivity contribution is 6.02. The number of hydrogen-bond acceptors (Lipinski definition) is 6. The van der Waals surface area contributed by atoms with Gasteiger partial charge in [0.15, 0.2) is 0 Å². The van der Waals surface area contributed by atoms with Crippen LogP contribution in [0.15, 0.2) is 59.0 Å². The molecule has 1 N–H and O–H groups in total. The van der Waals surface area contributed by atoms with Gasteiger partial charge in [-0.2, -0.15) is 5.26 Å². The molecule has 0 saturated carbocycles. The maximum Gasteiger partial charge on any atom is 0.267 e. The van der Waals surface area contributed by atoms with Crippen LogP contribution in [0, 0.1) is 18.3 Å². The quantitative estimate of drug-likeness (QED) is 0.421. The number of aryl methyl sites for hydroxylation is 1. The monoisotopic (exact) mass is 470 g/mol. The van der Waals surface area contributed by atoms with Crippen molar-refractivity contribution in [2.45, 2.75) is 20.3 Å². The molecule has 1 aromatic carbocycles. The Kier molecular flexibility index (Phi) is 7.58. The molecule has 2 aromatic heterocycles. The van der Waals surface area contributed by atoms with Crippen LogP contribution in [0.3, 0.4) is 0 Å². The molecule has 0 spiro atoms. The first-order chi connectivity index (χ1) is 17.0. The molecule has 0 bridgehead atoms. The first-order valence-electron chi connectivity index (χ1n) is 11.9. The van der Waals surface area contributed by atoms with Gasteiger partial charge < -0.3 is 15.1 Å². The highest BCUT2D eigenvalue weighted by Crippen LogP contribution is 2.22. The van der Waals surface area contributed by atoms with Crippen molar-refractivity contribution in [2.24, 2.45) is 0 Å². The first-order valence-corrected chi connectivity index (χ1v) is 11.9. The molecule has 1 fully saturated rings.